The van der Waals surface area contributed by atoms with E-state index >= 15 is 0 Å². The van der Waals surface area contributed by atoms with Crippen molar-refractivity contribution >= 4 is 36.6 Å². The fourth-order valence-corrected chi connectivity index (χ4v) is 4.72. The van der Waals surface area contributed by atoms with Crippen LogP contribution in [0, 0.1) is 0 Å². The number of aromatic nitrogens is 4. The summed E-state index contributed by atoms with van der Waals surface area (Å²) in [7, 11) is -1.23. The summed E-state index contributed by atoms with van der Waals surface area (Å²) in [5.74, 6) is -0.432. The molecule has 0 spiro atoms. The monoisotopic (exact) mass is 493 g/mol. The number of ether oxygens (including phenoxy) is 1. The van der Waals surface area contributed by atoms with E-state index in [9.17, 15) is 4.79 Å². The highest BCUT2D eigenvalue weighted by molar-refractivity contribution is 6.76. The van der Waals surface area contributed by atoms with Crippen LogP contribution in [-0.4, -0.2) is 40.1 Å². The zero-order valence-corrected chi connectivity index (χ0v) is 21.3. The van der Waals surface area contributed by atoms with Crippen molar-refractivity contribution in [3.63, 3.8) is 0 Å². The third kappa shape index (κ3) is 5.52. The Morgan fingerprint density at radius 1 is 1.12 bits per heavy atom. The number of pyridine rings is 3. The number of hydrogen-bond acceptors (Lipinski definition) is 5. The molecule has 0 fully saturated rings. The van der Waals surface area contributed by atoms with Crippen LogP contribution in [0.5, 0.6) is 0 Å². The van der Waals surface area contributed by atoms with Crippen molar-refractivity contribution in [1.29, 1.82) is 0 Å². The first-order valence-electron chi connectivity index (χ1n) is 11.1. The largest absolute Gasteiger partial charge is 0.369 e. The van der Waals surface area contributed by atoms with Crippen LogP contribution < -0.4 is 5.73 Å². The molecular formula is C25H28ClN5O2Si. The summed E-state index contributed by atoms with van der Waals surface area (Å²) in [5, 5.41) is 0.400. The maximum absolute atomic E-state index is 11.5. The SMILES string of the molecule is C[Si](C)(C)CCOCn1c(-c2ccnc(CC(N)=O)c2)c(-c2ccccn2)c2nc(Cl)ccc21. The topological polar surface area (TPSA) is 95.9 Å². The first-order valence-corrected chi connectivity index (χ1v) is 15.2. The molecule has 7 nitrogen and oxygen atoms in total. The Morgan fingerprint density at radius 3 is 2.65 bits per heavy atom. The number of hydrogen-bond donors (Lipinski definition) is 1. The Hall–Kier alpha value is -3.07. The van der Waals surface area contributed by atoms with Gasteiger partial charge in [-0.05, 0) is 42.4 Å². The van der Waals surface area contributed by atoms with Gasteiger partial charge >= 0.3 is 0 Å². The summed E-state index contributed by atoms with van der Waals surface area (Å²) in [4.78, 5) is 25.1. The number of carbonyl (C=O) groups is 1. The zero-order valence-electron chi connectivity index (χ0n) is 19.6. The summed E-state index contributed by atoms with van der Waals surface area (Å²) < 4.78 is 8.26. The number of carbonyl (C=O) groups excluding carboxylic acids is 1. The number of fused-ring (bicyclic) bond motifs is 1. The maximum atomic E-state index is 11.5. The Labute approximate surface area is 205 Å². The van der Waals surface area contributed by atoms with E-state index in [-0.39, 0.29) is 6.42 Å². The lowest BCUT2D eigenvalue weighted by atomic mass is 10.0. The zero-order chi connectivity index (χ0) is 24.3. The van der Waals surface area contributed by atoms with Gasteiger partial charge in [-0.2, -0.15) is 0 Å². The van der Waals surface area contributed by atoms with Gasteiger partial charge in [-0.25, -0.2) is 4.98 Å². The summed E-state index contributed by atoms with van der Waals surface area (Å²) >= 11 is 6.32. The normalized spacial score (nSPS) is 11.8. The highest BCUT2D eigenvalue weighted by Crippen LogP contribution is 2.40. The second kappa shape index (κ2) is 10.0. The lowest BCUT2D eigenvalue weighted by Gasteiger charge is -2.17. The first-order chi connectivity index (χ1) is 16.2. The number of amides is 1. The van der Waals surface area contributed by atoms with Gasteiger partial charge in [0, 0.05) is 32.6 Å². The molecule has 0 saturated heterocycles. The predicted octanol–water partition coefficient (Wildman–Crippen LogP) is 5.15. The maximum Gasteiger partial charge on any atom is 0.223 e. The van der Waals surface area contributed by atoms with Crippen molar-refractivity contribution < 1.29 is 9.53 Å². The second-order valence-electron chi connectivity index (χ2n) is 9.40. The van der Waals surface area contributed by atoms with Crippen LogP contribution in [0.3, 0.4) is 0 Å². The molecule has 0 radical (unpaired) electrons. The molecule has 4 heterocycles. The van der Waals surface area contributed by atoms with Gasteiger partial charge in [0.25, 0.3) is 0 Å². The van der Waals surface area contributed by atoms with Gasteiger partial charge in [0.2, 0.25) is 5.91 Å². The average molecular weight is 494 g/mol. The number of nitrogens with two attached hydrogens (primary N) is 1. The molecule has 0 bridgehead atoms. The van der Waals surface area contributed by atoms with Crippen molar-refractivity contribution in [3.05, 3.63) is 65.7 Å². The molecule has 0 aliphatic rings. The fourth-order valence-electron chi connectivity index (χ4n) is 3.82. The number of nitrogens with zero attached hydrogens (tertiary/aromatic N) is 4. The minimum atomic E-state index is -1.23. The van der Waals surface area contributed by atoms with Gasteiger partial charge in [-0.1, -0.05) is 37.3 Å². The molecule has 1 amide bonds. The van der Waals surface area contributed by atoms with Crippen molar-refractivity contribution in [2.24, 2.45) is 5.73 Å². The molecule has 4 rings (SSSR count). The van der Waals surface area contributed by atoms with Crippen molar-refractivity contribution in [1.82, 2.24) is 19.5 Å². The molecule has 0 aliphatic heterocycles. The van der Waals surface area contributed by atoms with Crippen LogP contribution in [0.2, 0.25) is 30.8 Å². The molecule has 0 saturated carbocycles. The van der Waals surface area contributed by atoms with Crippen LogP contribution in [-0.2, 0) is 22.7 Å². The molecule has 176 valence electrons. The van der Waals surface area contributed by atoms with Gasteiger partial charge in [-0.15, -0.1) is 0 Å². The highest BCUT2D eigenvalue weighted by atomic mass is 35.5. The van der Waals surface area contributed by atoms with Crippen LogP contribution in [0.4, 0.5) is 0 Å². The van der Waals surface area contributed by atoms with E-state index in [0.717, 1.165) is 39.6 Å². The van der Waals surface area contributed by atoms with E-state index in [4.69, 9.17) is 22.1 Å². The van der Waals surface area contributed by atoms with Crippen LogP contribution >= 0.6 is 11.6 Å². The molecule has 0 aliphatic carbocycles. The molecule has 34 heavy (non-hydrogen) atoms. The molecule has 4 aromatic heterocycles. The fraction of sp³-hybridized carbons (Fsp3) is 0.280. The minimum Gasteiger partial charge on any atom is -0.369 e. The van der Waals surface area contributed by atoms with Gasteiger partial charge in [-0.3, -0.25) is 14.8 Å². The van der Waals surface area contributed by atoms with Crippen molar-refractivity contribution in [2.75, 3.05) is 6.61 Å². The van der Waals surface area contributed by atoms with E-state index in [1.54, 1.807) is 18.5 Å². The van der Waals surface area contributed by atoms with Crippen LogP contribution in [0.1, 0.15) is 5.69 Å². The quantitative estimate of drug-likeness (QED) is 0.197. The number of halogens is 1. The van der Waals surface area contributed by atoms with E-state index in [1.807, 2.05) is 36.4 Å². The van der Waals surface area contributed by atoms with Crippen molar-refractivity contribution in [2.45, 2.75) is 38.8 Å². The van der Waals surface area contributed by atoms with E-state index < -0.39 is 14.0 Å². The van der Waals surface area contributed by atoms with Gasteiger partial charge < -0.3 is 15.0 Å². The van der Waals surface area contributed by atoms with Crippen LogP contribution in [0.25, 0.3) is 33.5 Å². The molecule has 9 heteroatoms. The lowest BCUT2D eigenvalue weighted by molar-refractivity contribution is -0.117. The Kier molecular flexibility index (Phi) is 7.11. The molecule has 0 atom stereocenters. The number of primary amides is 1. The molecule has 4 aromatic rings. The Bertz CT molecular complexity index is 1320. The van der Waals surface area contributed by atoms with Gasteiger partial charge in [0.05, 0.1) is 34.6 Å². The molecular weight excluding hydrogens is 466 g/mol. The second-order valence-corrected chi connectivity index (χ2v) is 15.4. The summed E-state index contributed by atoms with van der Waals surface area (Å²) in [6.45, 7) is 8.01. The summed E-state index contributed by atoms with van der Waals surface area (Å²) in [6, 6.07) is 14.3. The van der Waals surface area contributed by atoms with Gasteiger partial charge in [0.15, 0.2) is 0 Å². The third-order valence-corrected chi connectivity index (χ3v) is 7.37. The highest BCUT2D eigenvalue weighted by Gasteiger charge is 2.23. The summed E-state index contributed by atoms with van der Waals surface area (Å²) in [6.07, 6.45) is 3.50. The average Bonchev–Trinajstić information content (AvgIpc) is 3.09. The first kappa shape index (κ1) is 24.1. The van der Waals surface area contributed by atoms with Gasteiger partial charge in [0.1, 0.15) is 17.4 Å². The van der Waals surface area contributed by atoms with Crippen molar-refractivity contribution in [3.8, 4) is 22.5 Å². The summed E-state index contributed by atoms with van der Waals surface area (Å²) in [5.41, 5.74) is 11.0. The Morgan fingerprint density at radius 2 is 1.94 bits per heavy atom. The number of rotatable bonds is 9. The predicted molar refractivity (Wildman–Crippen MR) is 138 cm³/mol. The van der Waals surface area contributed by atoms with E-state index in [1.165, 1.54) is 0 Å². The van der Waals surface area contributed by atoms with E-state index in [2.05, 4.69) is 39.2 Å². The lowest BCUT2D eigenvalue weighted by Crippen LogP contribution is -2.22. The minimum absolute atomic E-state index is 0.0593. The third-order valence-electron chi connectivity index (χ3n) is 5.46. The standard InChI is InChI=1S/C25H28ClN5O2Si/c1-34(2,3)13-12-33-16-31-20-7-8-21(26)30-24(20)23(19-6-4-5-10-29-19)25(31)17-9-11-28-18(14-17)15-22(27)32/h4-11,14H,12-13,15-16H2,1-3H3,(H2,27,32). The molecule has 0 unspecified atom stereocenters. The van der Waals surface area contributed by atoms with Crippen LogP contribution in [0.15, 0.2) is 54.9 Å². The smallest absolute Gasteiger partial charge is 0.223 e. The molecule has 2 N–H and O–H groups in total. The Balaban J connectivity index is 1.91. The van der Waals surface area contributed by atoms with E-state index in [0.29, 0.717) is 24.2 Å². The molecule has 0 aromatic carbocycles.